The van der Waals surface area contributed by atoms with Crippen LogP contribution in [0, 0.1) is 0 Å². The zero-order valence-corrected chi connectivity index (χ0v) is 12.4. The standard InChI is InChI=1S/C12H11Cl2N3OS/c1-7(13)6-19-12-15-11(16-17-12)9-5-8(14)3-4-10(9)18-2/h3-5H,1,6H2,2H3,(H,15,16,17). The molecule has 0 aliphatic heterocycles. The summed E-state index contributed by atoms with van der Waals surface area (Å²) in [5.41, 5.74) is 0.763. The maximum absolute atomic E-state index is 5.98. The maximum atomic E-state index is 5.98. The van der Waals surface area contributed by atoms with Gasteiger partial charge < -0.3 is 4.74 Å². The van der Waals surface area contributed by atoms with Gasteiger partial charge in [-0.25, -0.2) is 4.98 Å². The molecule has 0 unspecified atom stereocenters. The number of nitrogens with zero attached hydrogens (tertiary/aromatic N) is 2. The fourth-order valence-corrected chi connectivity index (χ4v) is 2.33. The number of aromatic amines is 1. The summed E-state index contributed by atoms with van der Waals surface area (Å²) >= 11 is 13.1. The number of thioether (sulfide) groups is 1. The minimum atomic E-state index is 0.552. The van der Waals surface area contributed by atoms with Crippen LogP contribution in [0.4, 0.5) is 0 Å². The van der Waals surface area contributed by atoms with Crippen molar-refractivity contribution < 1.29 is 4.74 Å². The average Bonchev–Trinajstić information content (AvgIpc) is 2.85. The van der Waals surface area contributed by atoms with E-state index in [0.29, 0.717) is 32.5 Å². The third-order valence-corrected chi connectivity index (χ3v) is 3.70. The van der Waals surface area contributed by atoms with Crippen molar-refractivity contribution in [3.05, 3.63) is 34.8 Å². The average molecular weight is 316 g/mol. The molecule has 2 rings (SSSR count). The third-order valence-electron chi connectivity index (χ3n) is 2.24. The number of H-pyrrole nitrogens is 1. The second-order valence-corrected chi connectivity index (χ2v) is 5.53. The summed E-state index contributed by atoms with van der Waals surface area (Å²) in [7, 11) is 1.59. The predicted octanol–water partition coefficient (Wildman–Crippen LogP) is 3.98. The smallest absolute Gasteiger partial charge is 0.209 e. The second-order valence-electron chi connectivity index (χ2n) is 3.62. The lowest BCUT2D eigenvalue weighted by Crippen LogP contribution is -1.89. The largest absolute Gasteiger partial charge is 0.496 e. The first-order chi connectivity index (χ1) is 9.10. The van der Waals surface area contributed by atoms with Gasteiger partial charge in [0.2, 0.25) is 5.16 Å². The molecule has 0 aliphatic carbocycles. The zero-order chi connectivity index (χ0) is 13.8. The van der Waals surface area contributed by atoms with Crippen LogP contribution in [0.5, 0.6) is 5.75 Å². The van der Waals surface area contributed by atoms with Gasteiger partial charge in [-0.05, 0) is 18.2 Å². The van der Waals surface area contributed by atoms with Gasteiger partial charge in [0.25, 0.3) is 0 Å². The van der Waals surface area contributed by atoms with E-state index in [9.17, 15) is 0 Å². The molecule has 0 fully saturated rings. The first kappa shape index (κ1) is 14.2. The Kier molecular flexibility index (Phi) is 4.74. The molecule has 0 aliphatic rings. The number of hydrogen-bond donors (Lipinski definition) is 1. The predicted molar refractivity (Wildman–Crippen MR) is 79.1 cm³/mol. The van der Waals surface area contributed by atoms with Crippen molar-refractivity contribution >= 4 is 35.0 Å². The first-order valence-electron chi connectivity index (χ1n) is 5.32. The highest BCUT2D eigenvalue weighted by Crippen LogP contribution is 2.31. The lowest BCUT2D eigenvalue weighted by Gasteiger charge is -2.05. The van der Waals surface area contributed by atoms with E-state index in [0.717, 1.165) is 5.56 Å². The van der Waals surface area contributed by atoms with Crippen molar-refractivity contribution in [3.8, 4) is 17.1 Å². The Morgan fingerprint density at radius 2 is 2.32 bits per heavy atom. The van der Waals surface area contributed by atoms with E-state index in [4.69, 9.17) is 27.9 Å². The molecule has 0 atom stereocenters. The fraction of sp³-hybridized carbons (Fsp3) is 0.167. The van der Waals surface area contributed by atoms with Crippen LogP contribution in [0.15, 0.2) is 35.0 Å². The molecule has 0 bridgehead atoms. The Morgan fingerprint density at radius 3 is 3.00 bits per heavy atom. The first-order valence-corrected chi connectivity index (χ1v) is 7.06. The zero-order valence-electron chi connectivity index (χ0n) is 10.1. The van der Waals surface area contributed by atoms with E-state index in [2.05, 4.69) is 21.8 Å². The van der Waals surface area contributed by atoms with Crippen molar-refractivity contribution in [2.75, 3.05) is 12.9 Å². The topological polar surface area (TPSA) is 50.8 Å². The van der Waals surface area contributed by atoms with Crippen LogP contribution in [-0.4, -0.2) is 28.0 Å². The number of hydrogen-bond acceptors (Lipinski definition) is 4. The number of nitrogens with one attached hydrogen (secondary N) is 1. The Morgan fingerprint density at radius 1 is 1.53 bits per heavy atom. The Bertz CT molecular complexity index is 600. The van der Waals surface area contributed by atoms with E-state index < -0.39 is 0 Å². The second kappa shape index (κ2) is 6.32. The Hall–Kier alpha value is -1.17. The van der Waals surface area contributed by atoms with Crippen LogP contribution in [0.3, 0.4) is 0 Å². The van der Waals surface area contributed by atoms with Crippen LogP contribution in [-0.2, 0) is 0 Å². The summed E-state index contributed by atoms with van der Waals surface area (Å²) in [6, 6.07) is 5.32. The van der Waals surface area contributed by atoms with Gasteiger partial charge in [-0.1, -0.05) is 41.5 Å². The Labute approximate surface area is 125 Å². The van der Waals surface area contributed by atoms with Crippen LogP contribution >= 0.6 is 35.0 Å². The molecule has 0 saturated carbocycles. The van der Waals surface area contributed by atoms with Crippen LogP contribution in [0.1, 0.15) is 0 Å². The van der Waals surface area contributed by atoms with Crippen molar-refractivity contribution in [3.63, 3.8) is 0 Å². The summed E-state index contributed by atoms with van der Waals surface area (Å²) in [6.45, 7) is 3.62. The fourth-order valence-electron chi connectivity index (χ4n) is 1.44. The summed E-state index contributed by atoms with van der Waals surface area (Å²) < 4.78 is 5.27. The summed E-state index contributed by atoms with van der Waals surface area (Å²) in [6.07, 6.45) is 0. The van der Waals surface area contributed by atoms with E-state index in [1.165, 1.54) is 11.8 Å². The number of aromatic nitrogens is 3. The van der Waals surface area contributed by atoms with Gasteiger partial charge in [-0.15, -0.1) is 5.10 Å². The molecule has 19 heavy (non-hydrogen) atoms. The quantitative estimate of drug-likeness (QED) is 0.848. The van der Waals surface area contributed by atoms with Gasteiger partial charge in [0.15, 0.2) is 5.82 Å². The van der Waals surface area contributed by atoms with Gasteiger partial charge >= 0.3 is 0 Å². The Balaban J connectivity index is 2.27. The third kappa shape index (κ3) is 3.65. The lowest BCUT2D eigenvalue weighted by molar-refractivity contribution is 0.416. The van der Waals surface area contributed by atoms with Gasteiger partial charge in [0, 0.05) is 15.8 Å². The highest BCUT2D eigenvalue weighted by Gasteiger charge is 2.12. The van der Waals surface area contributed by atoms with Crippen molar-refractivity contribution in [2.45, 2.75) is 5.16 Å². The van der Waals surface area contributed by atoms with Crippen LogP contribution in [0.25, 0.3) is 11.4 Å². The number of benzene rings is 1. The summed E-state index contributed by atoms with van der Waals surface area (Å²) in [5.74, 6) is 1.84. The maximum Gasteiger partial charge on any atom is 0.209 e. The molecule has 7 heteroatoms. The molecular weight excluding hydrogens is 305 g/mol. The van der Waals surface area contributed by atoms with E-state index in [1.807, 2.05) is 0 Å². The van der Waals surface area contributed by atoms with Gasteiger partial charge in [-0.2, -0.15) is 0 Å². The van der Waals surface area contributed by atoms with Gasteiger partial charge in [0.05, 0.1) is 12.7 Å². The lowest BCUT2D eigenvalue weighted by atomic mass is 10.2. The van der Waals surface area contributed by atoms with Crippen molar-refractivity contribution in [2.24, 2.45) is 0 Å². The molecule has 2 aromatic rings. The van der Waals surface area contributed by atoms with E-state index in [1.54, 1.807) is 25.3 Å². The molecule has 1 heterocycles. The highest BCUT2D eigenvalue weighted by atomic mass is 35.5. The highest BCUT2D eigenvalue weighted by molar-refractivity contribution is 7.99. The van der Waals surface area contributed by atoms with E-state index in [-0.39, 0.29) is 0 Å². The molecule has 1 aromatic carbocycles. The normalized spacial score (nSPS) is 10.5. The molecule has 0 radical (unpaired) electrons. The van der Waals surface area contributed by atoms with Crippen LogP contribution in [0.2, 0.25) is 5.02 Å². The molecule has 1 aromatic heterocycles. The molecule has 100 valence electrons. The minimum absolute atomic E-state index is 0.552. The minimum Gasteiger partial charge on any atom is -0.496 e. The van der Waals surface area contributed by atoms with E-state index >= 15 is 0 Å². The SMILES string of the molecule is C=C(Cl)CSc1n[nH]c(-c2cc(Cl)ccc2OC)n1. The van der Waals surface area contributed by atoms with Gasteiger partial charge in [0.1, 0.15) is 5.75 Å². The van der Waals surface area contributed by atoms with Crippen molar-refractivity contribution in [1.29, 1.82) is 0 Å². The summed E-state index contributed by atoms with van der Waals surface area (Å²) in [4.78, 5) is 4.36. The number of rotatable bonds is 5. The molecule has 0 saturated heterocycles. The number of halogens is 2. The monoisotopic (exact) mass is 315 g/mol. The number of methoxy groups -OCH3 is 1. The molecule has 0 spiro atoms. The summed E-state index contributed by atoms with van der Waals surface area (Å²) in [5, 5.41) is 8.71. The van der Waals surface area contributed by atoms with Crippen LogP contribution < -0.4 is 4.74 Å². The molecule has 1 N–H and O–H groups in total. The number of ether oxygens (including phenoxy) is 1. The molecular formula is C12H11Cl2N3OS. The molecule has 4 nitrogen and oxygen atoms in total. The molecule has 0 amide bonds. The van der Waals surface area contributed by atoms with Crippen molar-refractivity contribution in [1.82, 2.24) is 15.2 Å². The van der Waals surface area contributed by atoms with Gasteiger partial charge in [-0.3, -0.25) is 5.10 Å².